The number of anilines is 1. The van der Waals surface area contributed by atoms with Gasteiger partial charge in [0.15, 0.2) is 0 Å². The standard InChI is InChI=1S/C18H20N2O5/c1-18(2,3)25-17(23)20-8-7-11-14(20)12-9-10(16(22)24-4)5-6-13(12)19-15(11)21/h5-7,9,14H,8H2,1-4H3,(H,19,21). The second-order valence-corrected chi connectivity index (χ2v) is 6.94. The molecule has 0 fully saturated rings. The maximum atomic E-state index is 12.6. The molecule has 7 heteroatoms. The minimum absolute atomic E-state index is 0.255. The molecule has 1 atom stereocenters. The van der Waals surface area contributed by atoms with E-state index in [1.54, 1.807) is 45.0 Å². The number of carbonyl (C=O) groups is 3. The Morgan fingerprint density at radius 1 is 1.28 bits per heavy atom. The predicted molar refractivity (Wildman–Crippen MR) is 90.2 cm³/mol. The summed E-state index contributed by atoms with van der Waals surface area (Å²) in [5.74, 6) is -0.735. The normalized spacial score (nSPS) is 18.7. The summed E-state index contributed by atoms with van der Waals surface area (Å²) in [5.41, 5.74) is 1.41. The Bertz CT molecular complexity index is 791. The molecule has 2 amide bonds. The molecule has 7 nitrogen and oxygen atoms in total. The van der Waals surface area contributed by atoms with E-state index >= 15 is 0 Å². The van der Waals surface area contributed by atoms with E-state index in [-0.39, 0.29) is 12.5 Å². The smallest absolute Gasteiger partial charge is 0.411 e. The highest BCUT2D eigenvalue weighted by Crippen LogP contribution is 2.42. The first kappa shape index (κ1) is 17.0. The van der Waals surface area contributed by atoms with Crippen molar-refractivity contribution in [3.8, 4) is 0 Å². The van der Waals surface area contributed by atoms with Gasteiger partial charge in [-0.2, -0.15) is 0 Å². The highest BCUT2D eigenvalue weighted by molar-refractivity contribution is 6.09. The molecule has 132 valence electrons. The molecule has 0 aromatic heterocycles. The van der Waals surface area contributed by atoms with Crippen molar-refractivity contribution >= 4 is 23.7 Å². The van der Waals surface area contributed by atoms with Gasteiger partial charge in [-0.25, -0.2) is 9.59 Å². The third kappa shape index (κ3) is 3.09. The molecule has 1 unspecified atom stereocenters. The maximum absolute atomic E-state index is 12.6. The Balaban J connectivity index is 2.01. The van der Waals surface area contributed by atoms with Gasteiger partial charge in [0.2, 0.25) is 0 Å². The van der Waals surface area contributed by atoms with Crippen molar-refractivity contribution in [1.82, 2.24) is 4.90 Å². The lowest BCUT2D eigenvalue weighted by molar-refractivity contribution is -0.113. The van der Waals surface area contributed by atoms with E-state index < -0.39 is 23.7 Å². The van der Waals surface area contributed by atoms with Crippen molar-refractivity contribution in [1.29, 1.82) is 0 Å². The van der Waals surface area contributed by atoms with Crippen LogP contribution < -0.4 is 5.32 Å². The summed E-state index contributed by atoms with van der Waals surface area (Å²) >= 11 is 0. The monoisotopic (exact) mass is 344 g/mol. The average molecular weight is 344 g/mol. The van der Waals surface area contributed by atoms with Gasteiger partial charge in [0, 0.05) is 23.4 Å². The quantitative estimate of drug-likeness (QED) is 0.792. The molecule has 2 heterocycles. The lowest BCUT2D eigenvalue weighted by Gasteiger charge is -2.33. The number of esters is 1. The first-order valence-electron chi connectivity index (χ1n) is 7.94. The van der Waals surface area contributed by atoms with Crippen LogP contribution in [0.2, 0.25) is 0 Å². The number of methoxy groups -OCH3 is 1. The summed E-state index contributed by atoms with van der Waals surface area (Å²) < 4.78 is 10.2. The molecule has 2 aliphatic rings. The van der Waals surface area contributed by atoms with Crippen molar-refractivity contribution in [2.24, 2.45) is 0 Å². The van der Waals surface area contributed by atoms with Crippen LogP contribution in [0.5, 0.6) is 0 Å². The summed E-state index contributed by atoms with van der Waals surface area (Å²) in [6.07, 6.45) is 1.20. The Morgan fingerprint density at radius 2 is 2.00 bits per heavy atom. The summed E-state index contributed by atoms with van der Waals surface area (Å²) in [4.78, 5) is 38.2. The Labute approximate surface area is 145 Å². The van der Waals surface area contributed by atoms with Gasteiger partial charge in [0.25, 0.3) is 5.91 Å². The Kier molecular flexibility index (Phi) is 4.02. The van der Waals surface area contributed by atoms with Crippen molar-refractivity contribution in [2.75, 3.05) is 19.0 Å². The second-order valence-electron chi connectivity index (χ2n) is 6.94. The Hall–Kier alpha value is -2.83. The molecule has 1 aromatic carbocycles. The number of benzene rings is 1. The van der Waals surface area contributed by atoms with Crippen LogP contribution in [-0.4, -0.2) is 42.1 Å². The first-order chi connectivity index (χ1) is 11.7. The van der Waals surface area contributed by atoms with E-state index in [4.69, 9.17) is 9.47 Å². The molecular formula is C18H20N2O5. The zero-order chi connectivity index (χ0) is 18.4. The molecule has 0 radical (unpaired) electrons. The number of nitrogens with zero attached hydrogens (tertiary/aromatic N) is 1. The second kappa shape index (κ2) is 5.91. The van der Waals surface area contributed by atoms with E-state index in [1.807, 2.05) is 0 Å². The zero-order valence-corrected chi connectivity index (χ0v) is 14.6. The van der Waals surface area contributed by atoms with Gasteiger partial charge in [0.1, 0.15) is 5.60 Å². The van der Waals surface area contributed by atoms with Gasteiger partial charge in [-0.1, -0.05) is 6.08 Å². The molecule has 0 saturated carbocycles. The minimum Gasteiger partial charge on any atom is -0.465 e. The molecule has 0 spiro atoms. The van der Waals surface area contributed by atoms with Gasteiger partial charge < -0.3 is 14.8 Å². The van der Waals surface area contributed by atoms with Crippen molar-refractivity contribution in [3.63, 3.8) is 0 Å². The van der Waals surface area contributed by atoms with Crippen molar-refractivity contribution < 1.29 is 23.9 Å². The molecule has 1 N–H and O–H groups in total. The van der Waals surface area contributed by atoms with Gasteiger partial charge >= 0.3 is 12.1 Å². The number of fused-ring (bicyclic) bond motifs is 3. The van der Waals surface area contributed by atoms with E-state index in [1.165, 1.54) is 12.0 Å². The number of amides is 2. The number of nitrogens with one attached hydrogen (secondary N) is 1. The van der Waals surface area contributed by atoms with Crippen LogP contribution in [0.1, 0.15) is 42.7 Å². The first-order valence-corrected chi connectivity index (χ1v) is 7.94. The van der Waals surface area contributed by atoms with E-state index in [0.717, 1.165) is 0 Å². The van der Waals surface area contributed by atoms with Gasteiger partial charge in [-0.05, 0) is 39.0 Å². The molecule has 2 aliphatic heterocycles. The average Bonchev–Trinajstić information content (AvgIpc) is 2.98. The van der Waals surface area contributed by atoms with Crippen LogP contribution in [0.4, 0.5) is 10.5 Å². The van der Waals surface area contributed by atoms with E-state index in [2.05, 4.69) is 5.32 Å². The Morgan fingerprint density at radius 3 is 2.64 bits per heavy atom. The number of hydrogen-bond donors (Lipinski definition) is 1. The van der Waals surface area contributed by atoms with Crippen LogP contribution >= 0.6 is 0 Å². The largest absolute Gasteiger partial charge is 0.465 e. The third-order valence-corrected chi connectivity index (χ3v) is 4.02. The number of hydrogen-bond acceptors (Lipinski definition) is 5. The lowest BCUT2D eigenvalue weighted by atomic mass is 9.92. The molecular weight excluding hydrogens is 324 g/mol. The van der Waals surface area contributed by atoms with Crippen LogP contribution in [0.25, 0.3) is 0 Å². The minimum atomic E-state index is -0.645. The van der Waals surface area contributed by atoms with E-state index in [9.17, 15) is 14.4 Å². The van der Waals surface area contributed by atoms with Crippen molar-refractivity contribution in [3.05, 3.63) is 41.0 Å². The number of rotatable bonds is 1. The fourth-order valence-corrected chi connectivity index (χ4v) is 2.98. The zero-order valence-electron chi connectivity index (χ0n) is 14.6. The summed E-state index contributed by atoms with van der Waals surface area (Å²) in [5, 5.41) is 2.79. The molecule has 0 aliphatic carbocycles. The summed E-state index contributed by atoms with van der Waals surface area (Å²) in [7, 11) is 1.30. The van der Waals surface area contributed by atoms with Gasteiger partial charge in [0.05, 0.1) is 18.7 Å². The van der Waals surface area contributed by atoms with Crippen LogP contribution in [0.15, 0.2) is 29.8 Å². The summed E-state index contributed by atoms with van der Waals surface area (Å²) in [6, 6.07) is 4.28. The highest BCUT2D eigenvalue weighted by Gasteiger charge is 2.42. The van der Waals surface area contributed by atoms with Gasteiger partial charge in [-0.3, -0.25) is 9.69 Å². The topological polar surface area (TPSA) is 84.9 Å². The fraction of sp³-hybridized carbons (Fsp3) is 0.389. The molecule has 1 aromatic rings. The van der Waals surface area contributed by atoms with Crippen molar-refractivity contribution in [2.45, 2.75) is 32.4 Å². The lowest BCUT2D eigenvalue weighted by Crippen LogP contribution is -2.40. The third-order valence-electron chi connectivity index (χ3n) is 4.02. The highest BCUT2D eigenvalue weighted by atomic mass is 16.6. The predicted octanol–water partition coefficient (Wildman–Crippen LogP) is 2.64. The molecule has 0 saturated heterocycles. The van der Waals surface area contributed by atoms with Crippen LogP contribution in [0.3, 0.4) is 0 Å². The van der Waals surface area contributed by atoms with Gasteiger partial charge in [-0.15, -0.1) is 0 Å². The molecule has 0 bridgehead atoms. The number of carbonyl (C=O) groups excluding carboxylic acids is 3. The SMILES string of the molecule is COC(=O)c1ccc2c(c1)C1C(=CCN1C(=O)OC(C)(C)C)C(=O)N2. The van der Waals surface area contributed by atoms with Crippen LogP contribution in [-0.2, 0) is 14.3 Å². The number of ether oxygens (including phenoxy) is 2. The molecule has 3 rings (SSSR count). The molecule has 25 heavy (non-hydrogen) atoms. The van der Waals surface area contributed by atoms with Crippen LogP contribution in [0, 0.1) is 0 Å². The maximum Gasteiger partial charge on any atom is 0.411 e. The fourth-order valence-electron chi connectivity index (χ4n) is 2.98. The summed E-state index contributed by atoms with van der Waals surface area (Å²) in [6.45, 7) is 5.62. The van der Waals surface area contributed by atoms with E-state index in [0.29, 0.717) is 22.4 Å².